The molecule has 2 aromatic heterocycles. The van der Waals surface area contributed by atoms with Crippen molar-refractivity contribution in [2.45, 2.75) is 13.8 Å². The summed E-state index contributed by atoms with van der Waals surface area (Å²) >= 11 is 6.13. The number of rotatable bonds is 2. The average molecular weight is 364 g/mol. The van der Waals surface area contributed by atoms with Crippen molar-refractivity contribution < 1.29 is 4.39 Å². The zero-order valence-electron chi connectivity index (χ0n) is 14.3. The Morgan fingerprint density at radius 2 is 1.73 bits per heavy atom. The lowest BCUT2D eigenvalue weighted by atomic mass is 10.0. The number of pyridine rings is 1. The summed E-state index contributed by atoms with van der Waals surface area (Å²) in [5, 5.41) is 1.44. The van der Waals surface area contributed by atoms with E-state index in [9.17, 15) is 4.39 Å². The van der Waals surface area contributed by atoms with Crippen LogP contribution in [0.3, 0.4) is 0 Å². The van der Waals surface area contributed by atoms with E-state index in [-0.39, 0.29) is 5.82 Å². The highest BCUT2D eigenvalue weighted by Gasteiger charge is 2.15. The first-order valence-corrected chi connectivity index (χ1v) is 8.56. The lowest BCUT2D eigenvalue weighted by molar-refractivity contribution is 0.621. The van der Waals surface area contributed by atoms with E-state index in [0.717, 1.165) is 16.5 Å². The van der Waals surface area contributed by atoms with Gasteiger partial charge in [-0.15, -0.1) is 0 Å². The molecule has 0 bridgehead atoms. The molecule has 0 N–H and O–H groups in total. The van der Waals surface area contributed by atoms with Gasteiger partial charge in [-0.2, -0.15) is 0 Å². The zero-order valence-corrected chi connectivity index (χ0v) is 15.0. The first kappa shape index (κ1) is 16.6. The zero-order chi connectivity index (χ0) is 18.3. The Labute approximate surface area is 155 Å². The smallest absolute Gasteiger partial charge is 0.178 e. The number of halogens is 2. The molecule has 0 radical (unpaired) electrons. The van der Waals surface area contributed by atoms with E-state index < -0.39 is 0 Å². The number of nitrogens with zero attached hydrogens (tertiary/aromatic N) is 3. The summed E-state index contributed by atoms with van der Waals surface area (Å²) in [6.07, 6.45) is 1.77. The Morgan fingerprint density at radius 3 is 2.58 bits per heavy atom. The van der Waals surface area contributed by atoms with Gasteiger partial charge in [0.05, 0.1) is 11.2 Å². The number of fused-ring (bicyclic) bond motifs is 1. The largest absolute Gasteiger partial charge is 0.244 e. The first-order valence-electron chi connectivity index (χ1n) is 8.19. The van der Waals surface area contributed by atoms with Crippen LogP contribution in [0.5, 0.6) is 0 Å². The maximum atomic E-state index is 14.7. The molecule has 0 saturated carbocycles. The van der Waals surface area contributed by atoms with E-state index in [2.05, 4.69) is 15.0 Å². The number of benzene rings is 2. The normalized spacial score (nSPS) is 11.1. The molecule has 0 atom stereocenters. The summed E-state index contributed by atoms with van der Waals surface area (Å²) in [4.78, 5) is 13.6. The molecule has 0 fully saturated rings. The van der Waals surface area contributed by atoms with Crippen molar-refractivity contribution in [3.63, 3.8) is 0 Å². The molecule has 2 heterocycles. The Balaban J connectivity index is 1.89. The number of para-hydroxylation sites is 1. The fourth-order valence-electron chi connectivity index (χ4n) is 2.92. The van der Waals surface area contributed by atoms with Crippen LogP contribution in [-0.4, -0.2) is 15.0 Å². The molecule has 5 heteroatoms. The van der Waals surface area contributed by atoms with Gasteiger partial charge in [-0.3, -0.25) is 0 Å². The summed E-state index contributed by atoms with van der Waals surface area (Å²) in [6.45, 7) is 3.58. The first-order chi connectivity index (χ1) is 12.5. The van der Waals surface area contributed by atoms with Crippen molar-refractivity contribution in [1.82, 2.24) is 15.0 Å². The summed E-state index contributed by atoms with van der Waals surface area (Å²) in [6, 6.07) is 14.7. The van der Waals surface area contributed by atoms with Crippen LogP contribution < -0.4 is 0 Å². The van der Waals surface area contributed by atoms with Crippen LogP contribution in [0.15, 0.2) is 54.7 Å². The summed E-state index contributed by atoms with van der Waals surface area (Å²) in [5.41, 5.74) is 3.70. The average Bonchev–Trinajstić information content (AvgIpc) is 2.65. The number of hydrogen-bond donors (Lipinski definition) is 0. The predicted octanol–water partition coefficient (Wildman–Crippen LogP) is 5.77. The van der Waals surface area contributed by atoms with Crippen LogP contribution in [0.4, 0.5) is 4.39 Å². The molecule has 0 aliphatic carbocycles. The highest BCUT2D eigenvalue weighted by molar-refractivity contribution is 6.31. The summed E-state index contributed by atoms with van der Waals surface area (Å²) in [7, 11) is 0. The van der Waals surface area contributed by atoms with Gasteiger partial charge in [-0.1, -0.05) is 35.9 Å². The molecule has 2 aromatic carbocycles. The van der Waals surface area contributed by atoms with E-state index in [1.165, 1.54) is 0 Å². The summed E-state index contributed by atoms with van der Waals surface area (Å²) in [5.74, 6) is 0.186. The number of hydrogen-bond acceptors (Lipinski definition) is 3. The summed E-state index contributed by atoms with van der Waals surface area (Å²) < 4.78 is 14.7. The number of aryl methyl sites for hydroxylation is 2. The minimum Gasteiger partial charge on any atom is -0.244 e. The second-order valence-corrected chi connectivity index (χ2v) is 6.64. The molecular formula is C21H15ClFN3. The molecule has 0 aliphatic rings. The molecule has 26 heavy (non-hydrogen) atoms. The van der Waals surface area contributed by atoms with Crippen molar-refractivity contribution in [3.8, 4) is 22.8 Å². The topological polar surface area (TPSA) is 38.7 Å². The van der Waals surface area contributed by atoms with Gasteiger partial charge >= 0.3 is 0 Å². The molecule has 128 valence electrons. The van der Waals surface area contributed by atoms with Gasteiger partial charge in [0.2, 0.25) is 0 Å². The van der Waals surface area contributed by atoms with Gasteiger partial charge in [0.15, 0.2) is 5.82 Å². The van der Waals surface area contributed by atoms with Crippen LogP contribution in [0.1, 0.15) is 11.1 Å². The molecule has 4 rings (SSSR count). The number of aromatic nitrogens is 3. The van der Waals surface area contributed by atoms with E-state index in [4.69, 9.17) is 11.6 Å². The Hall–Kier alpha value is -2.85. The molecule has 0 aliphatic heterocycles. The van der Waals surface area contributed by atoms with Crippen LogP contribution in [0.25, 0.3) is 33.7 Å². The van der Waals surface area contributed by atoms with E-state index in [0.29, 0.717) is 33.4 Å². The minimum absolute atomic E-state index is 0.318. The van der Waals surface area contributed by atoms with Crippen molar-refractivity contribution in [3.05, 3.63) is 76.7 Å². The highest BCUT2D eigenvalue weighted by atomic mass is 35.5. The Kier molecular flexibility index (Phi) is 4.13. The lowest BCUT2D eigenvalue weighted by Gasteiger charge is -2.11. The molecule has 0 amide bonds. The second kappa shape index (κ2) is 6.46. The van der Waals surface area contributed by atoms with Crippen LogP contribution in [0, 0.1) is 19.7 Å². The SMILES string of the molecule is Cc1ccc(-c2ncc3ccccc3n2)nc1-c1cc(Cl)cc(C)c1F. The predicted molar refractivity (Wildman–Crippen MR) is 103 cm³/mol. The second-order valence-electron chi connectivity index (χ2n) is 6.20. The standard InChI is InChI=1S/C21H15ClFN3/c1-12-7-8-18(21-24-11-14-5-3-4-6-17(14)26-21)25-20(12)16-10-15(22)9-13(2)19(16)23/h3-11H,1-2H3. The quantitative estimate of drug-likeness (QED) is 0.454. The minimum atomic E-state index is -0.318. The van der Waals surface area contributed by atoms with Crippen LogP contribution >= 0.6 is 11.6 Å². The van der Waals surface area contributed by atoms with Crippen molar-refractivity contribution in [2.24, 2.45) is 0 Å². The molecule has 4 aromatic rings. The fourth-order valence-corrected chi connectivity index (χ4v) is 3.19. The van der Waals surface area contributed by atoms with Gasteiger partial charge in [-0.25, -0.2) is 19.3 Å². The third-order valence-corrected chi connectivity index (χ3v) is 4.51. The lowest BCUT2D eigenvalue weighted by Crippen LogP contribution is -1.98. The van der Waals surface area contributed by atoms with Crippen LogP contribution in [-0.2, 0) is 0 Å². The third-order valence-electron chi connectivity index (χ3n) is 4.29. The van der Waals surface area contributed by atoms with Gasteiger partial charge in [0.25, 0.3) is 0 Å². The molecule has 0 saturated heterocycles. The molecule has 0 unspecified atom stereocenters. The van der Waals surface area contributed by atoms with Crippen LogP contribution in [0.2, 0.25) is 5.02 Å². The Morgan fingerprint density at radius 1 is 0.923 bits per heavy atom. The van der Waals surface area contributed by atoms with Crippen molar-refractivity contribution in [2.75, 3.05) is 0 Å². The maximum Gasteiger partial charge on any atom is 0.178 e. The van der Waals surface area contributed by atoms with E-state index >= 15 is 0 Å². The van der Waals surface area contributed by atoms with Gasteiger partial charge in [0, 0.05) is 22.2 Å². The molecule has 3 nitrogen and oxygen atoms in total. The van der Waals surface area contributed by atoms with Gasteiger partial charge in [-0.05, 0) is 49.2 Å². The fraction of sp³-hybridized carbons (Fsp3) is 0.0952. The van der Waals surface area contributed by atoms with Gasteiger partial charge < -0.3 is 0 Å². The van der Waals surface area contributed by atoms with Crippen molar-refractivity contribution in [1.29, 1.82) is 0 Å². The molecule has 0 spiro atoms. The van der Waals surface area contributed by atoms with E-state index in [1.807, 2.05) is 43.3 Å². The third kappa shape index (κ3) is 2.93. The maximum absolute atomic E-state index is 14.7. The van der Waals surface area contributed by atoms with Crippen molar-refractivity contribution >= 4 is 22.5 Å². The van der Waals surface area contributed by atoms with E-state index in [1.54, 1.807) is 25.3 Å². The highest BCUT2D eigenvalue weighted by Crippen LogP contribution is 2.31. The monoisotopic (exact) mass is 363 g/mol. The van der Waals surface area contributed by atoms with Gasteiger partial charge in [0.1, 0.15) is 11.5 Å². The molecular weight excluding hydrogens is 349 g/mol. The Bertz CT molecular complexity index is 1140.